The molecule has 0 radical (unpaired) electrons. The molecule has 1 N–H and O–H groups in total. The maximum absolute atomic E-state index is 12.5. The zero-order valence-corrected chi connectivity index (χ0v) is 7.46. The molecule has 15 heavy (non-hydrogen) atoms. The molecule has 0 saturated carbocycles. The summed E-state index contributed by atoms with van der Waals surface area (Å²) in [5.74, 6) is -0.453. The summed E-state index contributed by atoms with van der Waals surface area (Å²) in [6.45, 7) is -0.560. The zero-order chi connectivity index (χ0) is 11.5. The van der Waals surface area contributed by atoms with Gasteiger partial charge in [0.25, 0.3) is 0 Å². The first-order chi connectivity index (χ1) is 6.97. The highest BCUT2D eigenvalue weighted by atomic mass is 19.3. The van der Waals surface area contributed by atoms with Crippen LogP contribution in [0.3, 0.4) is 0 Å². The van der Waals surface area contributed by atoms with Crippen molar-refractivity contribution < 1.29 is 27.4 Å². The minimum absolute atomic E-state index is 0.0258. The van der Waals surface area contributed by atoms with Crippen LogP contribution in [0.4, 0.5) is 17.6 Å². The van der Waals surface area contributed by atoms with Crippen molar-refractivity contribution in [1.29, 1.82) is 0 Å². The van der Waals surface area contributed by atoms with Crippen molar-refractivity contribution in [3.05, 3.63) is 29.8 Å². The molecule has 0 aliphatic heterocycles. The average Bonchev–Trinajstić information content (AvgIpc) is 2.18. The maximum atomic E-state index is 12.5. The number of alkyl halides is 4. The largest absolute Gasteiger partial charge is 0.461 e. The predicted octanol–water partition coefficient (Wildman–Crippen LogP) is 2.42. The summed E-state index contributed by atoms with van der Waals surface area (Å²) >= 11 is 0. The second-order valence-corrected chi connectivity index (χ2v) is 2.73. The van der Waals surface area contributed by atoms with Crippen LogP contribution < -0.4 is 4.74 Å². The molecule has 0 heterocycles. The van der Waals surface area contributed by atoms with Gasteiger partial charge in [0, 0.05) is 5.56 Å². The summed E-state index contributed by atoms with van der Waals surface area (Å²) in [7, 11) is 0. The van der Waals surface area contributed by atoms with E-state index >= 15 is 0 Å². The first-order valence-electron chi connectivity index (χ1n) is 4.01. The Labute approximate surface area is 83.1 Å². The second kappa shape index (κ2) is 4.48. The highest BCUT2D eigenvalue weighted by molar-refractivity contribution is 5.32. The Balaban J connectivity index is 2.89. The number of hydrogen-bond acceptors (Lipinski definition) is 2. The van der Waals surface area contributed by atoms with Crippen molar-refractivity contribution in [2.75, 3.05) is 0 Å². The van der Waals surface area contributed by atoms with Gasteiger partial charge in [-0.3, -0.25) is 0 Å². The number of rotatable bonds is 4. The third kappa shape index (κ3) is 2.82. The van der Waals surface area contributed by atoms with E-state index in [1.807, 2.05) is 0 Å². The van der Waals surface area contributed by atoms with Crippen molar-refractivity contribution in [2.45, 2.75) is 19.1 Å². The van der Waals surface area contributed by atoms with Gasteiger partial charge in [0.2, 0.25) is 0 Å². The molecule has 1 aromatic carbocycles. The standard InChI is InChI=1S/C9H8F4O2/c10-8(11)9(12,13)15-7-4-2-1-3-6(7)5-14/h1-4,8,14H,5H2. The van der Waals surface area contributed by atoms with Crippen LogP contribution in [0.25, 0.3) is 0 Å². The molecule has 0 bridgehead atoms. The van der Waals surface area contributed by atoms with Crippen LogP contribution in [0.2, 0.25) is 0 Å². The number of hydrogen-bond donors (Lipinski definition) is 1. The van der Waals surface area contributed by atoms with Gasteiger partial charge in [0.1, 0.15) is 5.75 Å². The molecule has 84 valence electrons. The fraction of sp³-hybridized carbons (Fsp3) is 0.333. The van der Waals surface area contributed by atoms with E-state index in [1.165, 1.54) is 18.2 Å². The molecule has 0 spiro atoms. The van der Waals surface area contributed by atoms with Crippen LogP contribution in [0, 0.1) is 0 Å². The molecule has 0 aromatic heterocycles. The molecule has 0 saturated heterocycles. The number of aliphatic hydroxyl groups excluding tert-OH is 1. The van der Waals surface area contributed by atoms with Gasteiger partial charge < -0.3 is 9.84 Å². The smallest absolute Gasteiger partial charge is 0.428 e. The van der Waals surface area contributed by atoms with Crippen molar-refractivity contribution in [2.24, 2.45) is 0 Å². The van der Waals surface area contributed by atoms with Gasteiger partial charge in [-0.15, -0.1) is 0 Å². The Bertz CT molecular complexity index is 328. The third-order valence-electron chi connectivity index (χ3n) is 1.64. The number of aliphatic hydroxyl groups is 1. The summed E-state index contributed by atoms with van der Waals surface area (Å²) in [5.41, 5.74) is 0.0258. The first kappa shape index (κ1) is 11.8. The Morgan fingerprint density at radius 2 is 1.87 bits per heavy atom. The van der Waals surface area contributed by atoms with E-state index in [-0.39, 0.29) is 5.56 Å². The lowest BCUT2D eigenvalue weighted by atomic mass is 10.2. The maximum Gasteiger partial charge on any atom is 0.461 e. The average molecular weight is 224 g/mol. The van der Waals surface area contributed by atoms with Crippen LogP contribution in [-0.2, 0) is 6.61 Å². The Morgan fingerprint density at radius 1 is 1.27 bits per heavy atom. The van der Waals surface area contributed by atoms with E-state index in [2.05, 4.69) is 4.74 Å². The SMILES string of the molecule is OCc1ccccc1OC(F)(F)C(F)F. The van der Waals surface area contributed by atoms with E-state index in [9.17, 15) is 17.6 Å². The molecular weight excluding hydrogens is 216 g/mol. The minimum atomic E-state index is -4.55. The van der Waals surface area contributed by atoms with Gasteiger partial charge in [0.05, 0.1) is 6.61 Å². The molecule has 0 atom stereocenters. The van der Waals surface area contributed by atoms with Gasteiger partial charge in [-0.25, -0.2) is 0 Å². The Kier molecular flexibility index (Phi) is 3.52. The van der Waals surface area contributed by atoms with Gasteiger partial charge in [0.15, 0.2) is 0 Å². The highest BCUT2D eigenvalue weighted by Crippen LogP contribution is 2.29. The molecular formula is C9H8F4O2. The highest BCUT2D eigenvalue weighted by Gasteiger charge is 2.44. The molecule has 0 aliphatic rings. The fourth-order valence-electron chi connectivity index (χ4n) is 0.925. The van der Waals surface area contributed by atoms with Crippen molar-refractivity contribution >= 4 is 0 Å². The summed E-state index contributed by atoms with van der Waals surface area (Å²) < 4.78 is 52.4. The number of para-hydroxylation sites is 1. The molecule has 1 aromatic rings. The Hall–Kier alpha value is -1.30. The molecule has 0 unspecified atom stereocenters. The summed E-state index contributed by atoms with van der Waals surface area (Å²) in [6, 6.07) is 5.20. The van der Waals surface area contributed by atoms with Crippen LogP contribution in [0.15, 0.2) is 24.3 Å². The summed E-state index contributed by atoms with van der Waals surface area (Å²) in [4.78, 5) is 0. The van der Waals surface area contributed by atoms with Crippen molar-refractivity contribution in [1.82, 2.24) is 0 Å². The van der Waals surface area contributed by atoms with Crippen LogP contribution in [0.1, 0.15) is 5.56 Å². The summed E-state index contributed by atoms with van der Waals surface area (Å²) in [5, 5.41) is 8.74. The third-order valence-corrected chi connectivity index (χ3v) is 1.64. The van der Waals surface area contributed by atoms with Crippen LogP contribution >= 0.6 is 0 Å². The van der Waals surface area contributed by atoms with Gasteiger partial charge >= 0.3 is 12.5 Å². The minimum Gasteiger partial charge on any atom is -0.428 e. The van der Waals surface area contributed by atoms with Crippen molar-refractivity contribution in [3.63, 3.8) is 0 Å². The number of halogens is 4. The molecule has 0 fully saturated rings. The Morgan fingerprint density at radius 3 is 2.40 bits per heavy atom. The molecule has 0 amide bonds. The molecule has 2 nitrogen and oxygen atoms in total. The quantitative estimate of drug-likeness (QED) is 0.796. The van der Waals surface area contributed by atoms with E-state index < -0.39 is 24.9 Å². The van der Waals surface area contributed by atoms with Gasteiger partial charge in [-0.05, 0) is 6.07 Å². The lowest BCUT2D eigenvalue weighted by molar-refractivity contribution is -0.253. The summed E-state index contributed by atoms with van der Waals surface area (Å²) in [6.07, 6.45) is -8.46. The normalized spacial score (nSPS) is 11.9. The van der Waals surface area contributed by atoms with Crippen LogP contribution in [-0.4, -0.2) is 17.6 Å². The number of ether oxygens (including phenoxy) is 1. The van der Waals surface area contributed by atoms with E-state index in [0.29, 0.717) is 0 Å². The predicted molar refractivity (Wildman–Crippen MR) is 43.9 cm³/mol. The monoisotopic (exact) mass is 224 g/mol. The zero-order valence-electron chi connectivity index (χ0n) is 7.46. The lowest BCUT2D eigenvalue weighted by Gasteiger charge is -2.18. The molecule has 1 rings (SSSR count). The lowest BCUT2D eigenvalue weighted by Crippen LogP contribution is -2.33. The topological polar surface area (TPSA) is 29.5 Å². The first-order valence-corrected chi connectivity index (χ1v) is 4.01. The molecule has 0 aliphatic carbocycles. The van der Waals surface area contributed by atoms with E-state index in [1.54, 1.807) is 0 Å². The number of benzene rings is 1. The van der Waals surface area contributed by atoms with E-state index in [4.69, 9.17) is 5.11 Å². The molecule has 6 heteroatoms. The van der Waals surface area contributed by atoms with Gasteiger partial charge in [-0.2, -0.15) is 17.6 Å². The van der Waals surface area contributed by atoms with Crippen LogP contribution in [0.5, 0.6) is 5.75 Å². The second-order valence-electron chi connectivity index (χ2n) is 2.73. The van der Waals surface area contributed by atoms with Crippen molar-refractivity contribution in [3.8, 4) is 5.75 Å². The van der Waals surface area contributed by atoms with Gasteiger partial charge in [-0.1, -0.05) is 18.2 Å². The fourth-order valence-corrected chi connectivity index (χ4v) is 0.925. The van der Waals surface area contributed by atoms with E-state index in [0.717, 1.165) is 6.07 Å².